The lowest BCUT2D eigenvalue weighted by Gasteiger charge is -2.25. The van der Waals surface area contributed by atoms with Gasteiger partial charge in [-0.15, -0.1) is 0 Å². The first-order valence-electron chi connectivity index (χ1n) is 5.56. The second kappa shape index (κ2) is 4.66. The molecule has 0 saturated carbocycles. The van der Waals surface area contributed by atoms with Gasteiger partial charge in [0.1, 0.15) is 5.82 Å². The summed E-state index contributed by atoms with van der Waals surface area (Å²) >= 11 is 0. The number of nitrogens with two attached hydrogens (primary N) is 1. The Morgan fingerprint density at radius 2 is 2.19 bits per heavy atom. The number of hydrogen-bond acceptors (Lipinski definition) is 2. The fourth-order valence-electron chi connectivity index (χ4n) is 1.98. The Balaban J connectivity index is 2.04. The second-order valence-electron chi connectivity index (χ2n) is 4.43. The maximum Gasteiger partial charge on any atom is 0.125 e. The average Bonchev–Trinajstić information content (AvgIpc) is 2.20. The molecule has 0 amide bonds. The van der Waals surface area contributed by atoms with Gasteiger partial charge in [-0.25, -0.2) is 4.39 Å². The summed E-state index contributed by atoms with van der Waals surface area (Å²) in [6.45, 7) is 4.91. The van der Waals surface area contributed by atoms with Gasteiger partial charge < -0.3 is 5.73 Å². The van der Waals surface area contributed by atoms with Crippen molar-refractivity contribution >= 4 is 5.69 Å². The van der Waals surface area contributed by atoms with Crippen molar-refractivity contribution in [2.75, 3.05) is 18.8 Å². The van der Waals surface area contributed by atoms with E-state index in [1.165, 1.54) is 11.6 Å². The van der Waals surface area contributed by atoms with E-state index in [9.17, 15) is 4.39 Å². The van der Waals surface area contributed by atoms with E-state index in [2.05, 4.69) is 17.9 Å². The van der Waals surface area contributed by atoms with Gasteiger partial charge >= 0.3 is 0 Å². The molecule has 0 atom stereocenters. The Labute approximate surface area is 95.6 Å². The Bertz CT molecular complexity index is 392. The van der Waals surface area contributed by atoms with Crippen molar-refractivity contribution in [1.29, 1.82) is 0 Å². The summed E-state index contributed by atoms with van der Waals surface area (Å²) in [5, 5.41) is 0. The minimum atomic E-state index is -0.251. The Kier molecular flexibility index (Phi) is 3.25. The fraction of sp³-hybridized carbons (Fsp3) is 0.385. The molecule has 1 aromatic rings. The number of nitrogen functional groups attached to an aromatic ring is 1. The van der Waals surface area contributed by atoms with Crippen LogP contribution in [0.3, 0.4) is 0 Å². The molecule has 2 N–H and O–H groups in total. The maximum absolute atomic E-state index is 13.1. The van der Waals surface area contributed by atoms with Crippen molar-refractivity contribution in [2.45, 2.75) is 19.9 Å². The molecular weight excluding hydrogens is 203 g/mol. The largest absolute Gasteiger partial charge is 0.399 e. The summed E-state index contributed by atoms with van der Waals surface area (Å²) in [6, 6.07) is 4.75. The number of nitrogens with zero attached hydrogens (tertiary/aromatic N) is 1. The van der Waals surface area contributed by atoms with Crippen LogP contribution in [0.4, 0.5) is 10.1 Å². The molecule has 0 aromatic heterocycles. The number of rotatable bonds is 2. The molecule has 1 heterocycles. The first-order valence-corrected chi connectivity index (χ1v) is 5.56. The lowest BCUT2D eigenvalue weighted by atomic mass is 10.1. The first-order chi connectivity index (χ1) is 7.63. The summed E-state index contributed by atoms with van der Waals surface area (Å²) in [5.74, 6) is -0.251. The first kappa shape index (κ1) is 11.1. The highest BCUT2D eigenvalue weighted by Crippen LogP contribution is 2.16. The standard InChI is InChI=1S/C13H17FN2/c1-10-2-4-16(5-3-10)9-11-6-12(14)8-13(15)7-11/h2,6-8H,3-5,9,15H2,1H3. The minimum absolute atomic E-state index is 0.251. The Morgan fingerprint density at radius 3 is 2.81 bits per heavy atom. The number of benzene rings is 1. The predicted octanol–water partition coefficient (Wildman–Crippen LogP) is 2.56. The SMILES string of the molecule is CC1=CCN(Cc2cc(N)cc(F)c2)CC1. The van der Waals surface area contributed by atoms with Crippen LogP contribution in [0.2, 0.25) is 0 Å². The molecule has 0 unspecified atom stereocenters. The smallest absolute Gasteiger partial charge is 0.125 e. The summed E-state index contributed by atoms with van der Waals surface area (Å²) in [7, 11) is 0. The molecule has 0 fully saturated rings. The lowest BCUT2D eigenvalue weighted by molar-refractivity contribution is 0.285. The monoisotopic (exact) mass is 220 g/mol. The molecule has 16 heavy (non-hydrogen) atoms. The zero-order chi connectivity index (χ0) is 11.5. The Morgan fingerprint density at radius 1 is 1.38 bits per heavy atom. The van der Waals surface area contributed by atoms with Crippen LogP contribution in [0.15, 0.2) is 29.8 Å². The predicted molar refractivity (Wildman–Crippen MR) is 64.5 cm³/mol. The molecule has 0 saturated heterocycles. The minimum Gasteiger partial charge on any atom is -0.399 e. The number of anilines is 1. The van der Waals surface area contributed by atoms with Crippen molar-refractivity contribution in [1.82, 2.24) is 4.90 Å². The van der Waals surface area contributed by atoms with Gasteiger partial charge in [0.2, 0.25) is 0 Å². The van der Waals surface area contributed by atoms with Crippen LogP contribution in [0.5, 0.6) is 0 Å². The zero-order valence-electron chi connectivity index (χ0n) is 9.54. The van der Waals surface area contributed by atoms with Crippen LogP contribution in [0, 0.1) is 5.82 Å². The van der Waals surface area contributed by atoms with Crippen LogP contribution < -0.4 is 5.73 Å². The van der Waals surface area contributed by atoms with Gasteiger partial charge in [0.15, 0.2) is 0 Å². The van der Waals surface area contributed by atoms with Gasteiger partial charge in [-0.1, -0.05) is 11.6 Å². The van der Waals surface area contributed by atoms with E-state index in [1.54, 1.807) is 6.07 Å². The third kappa shape index (κ3) is 2.83. The summed E-state index contributed by atoms with van der Waals surface area (Å²) in [4.78, 5) is 2.29. The lowest BCUT2D eigenvalue weighted by Crippen LogP contribution is -2.27. The topological polar surface area (TPSA) is 29.3 Å². The molecule has 1 aromatic carbocycles. The van der Waals surface area contributed by atoms with Crippen LogP contribution in [-0.4, -0.2) is 18.0 Å². The molecule has 0 radical (unpaired) electrons. The maximum atomic E-state index is 13.1. The van der Waals surface area contributed by atoms with Gasteiger partial charge in [0, 0.05) is 25.3 Å². The molecule has 0 aliphatic carbocycles. The van der Waals surface area contributed by atoms with E-state index in [4.69, 9.17) is 5.73 Å². The molecule has 1 aliphatic rings. The quantitative estimate of drug-likeness (QED) is 0.613. The zero-order valence-corrected chi connectivity index (χ0v) is 9.54. The van der Waals surface area contributed by atoms with E-state index in [1.807, 2.05) is 6.07 Å². The fourth-order valence-corrected chi connectivity index (χ4v) is 1.98. The molecule has 1 aliphatic heterocycles. The Hall–Kier alpha value is -1.35. The van der Waals surface area contributed by atoms with Gasteiger partial charge in [-0.3, -0.25) is 4.90 Å². The molecule has 0 spiro atoms. The van der Waals surface area contributed by atoms with Crippen molar-refractivity contribution in [3.8, 4) is 0 Å². The highest BCUT2D eigenvalue weighted by atomic mass is 19.1. The molecular formula is C13H17FN2. The van der Waals surface area contributed by atoms with E-state index >= 15 is 0 Å². The summed E-state index contributed by atoms with van der Waals surface area (Å²) in [6.07, 6.45) is 3.33. The average molecular weight is 220 g/mol. The summed E-state index contributed by atoms with van der Waals surface area (Å²) in [5.41, 5.74) is 8.50. The normalized spacial score (nSPS) is 17.2. The van der Waals surface area contributed by atoms with E-state index < -0.39 is 0 Å². The van der Waals surface area contributed by atoms with Crippen LogP contribution in [0.1, 0.15) is 18.9 Å². The second-order valence-corrected chi connectivity index (χ2v) is 4.43. The van der Waals surface area contributed by atoms with Gasteiger partial charge in [-0.2, -0.15) is 0 Å². The van der Waals surface area contributed by atoms with E-state index in [0.717, 1.165) is 31.6 Å². The number of halogens is 1. The van der Waals surface area contributed by atoms with Gasteiger partial charge in [-0.05, 0) is 37.1 Å². The number of hydrogen-bond donors (Lipinski definition) is 1. The van der Waals surface area contributed by atoms with E-state index in [-0.39, 0.29) is 5.82 Å². The van der Waals surface area contributed by atoms with Crippen LogP contribution in [0.25, 0.3) is 0 Å². The molecule has 2 rings (SSSR count). The van der Waals surface area contributed by atoms with Crippen LogP contribution in [-0.2, 0) is 6.54 Å². The van der Waals surface area contributed by atoms with Crippen molar-refractivity contribution in [2.24, 2.45) is 0 Å². The highest BCUT2D eigenvalue weighted by molar-refractivity contribution is 5.41. The van der Waals surface area contributed by atoms with E-state index in [0.29, 0.717) is 5.69 Å². The molecule has 2 nitrogen and oxygen atoms in total. The third-order valence-corrected chi connectivity index (χ3v) is 2.91. The van der Waals surface area contributed by atoms with Crippen molar-refractivity contribution < 1.29 is 4.39 Å². The summed E-state index contributed by atoms with van der Waals surface area (Å²) < 4.78 is 13.1. The molecule has 86 valence electrons. The van der Waals surface area contributed by atoms with Gasteiger partial charge in [0.25, 0.3) is 0 Å². The highest BCUT2D eigenvalue weighted by Gasteiger charge is 2.10. The van der Waals surface area contributed by atoms with Crippen LogP contribution >= 0.6 is 0 Å². The van der Waals surface area contributed by atoms with Crippen molar-refractivity contribution in [3.05, 3.63) is 41.2 Å². The van der Waals surface area contributed by atoms with Crippen molar-refractivity contribution in [3.63, 3.8) is 0 Å². The van der Waals surface area contributed by atoms with Gasteiger partial charge in [0.05, 0.1) is 0 Å². The third-order valence-electron chi connectivity index (χ3n) is 2.91. The molecule has 0 bridgehead atoms. The molecule has 3 heteroatoms.